The maximum absolute atomic E-state index is 13.1. The number of para-hydroxylation sites is 3. The van der Waals surface area contributed by atoms with Gasteiger partial charge in [0.15, 0.2) is 0 Å². The number of fused-ring (bicyclic) bond motifs is 2. The van der Waals surface area contributed by atoms with Crippen LogP contribution in [-0.4, -0.2) is 37.4 Å². The molecule has 3 heterocycles. The van der Waals surface area contributed by atoms with Gasteiger partial charge in [-0.3, -0.25) is 24.2 Å². The summed E-state index contributed by atoms with van der Waals surface area (Å²) >= 11 is 1.35. The highest BCUT2D eigenvalue weighted by atomic mass is 32.1. The number of carbonyl (C=O) groups excluding carboxylic acids is 3. The van der Waals surface area contributed by atoms with E-state index >= 15 is 0 Å². The van der Waals surface area contributed by atoms with Crippen LogP contribution < -0.4 is 14.7 Å². The highest BCUT2D eigenvalue weighted by Gasteiger charge is 2.35. The summed E-state index contributed by atoms with van der Waals surface area (Å²) in [6.45, 7) is 0.480. The minimum Gasteiger partial charge on any atom is -0.310 e. The minimum absolute atomic E-state index is 0.0504. The Morgan fingerprint density at radius 1 is 0.867 bits per heavy atom. The largest absolute Gasteiger partial charge is 0.310 e. The summed E-state index contributed by atoms with van der Waals surface area (Å²) in [6, 6.07) is 18.7. The summed E-state index contributed by atoms with van der Waals surface area (Å²) in [5.74, 6) is -0.592. The summed E-state index contributed by atoms with van der Waals surface area (Å²) in [4.78, 5) is 44.3. The summed E-state index contributed by atoms with van der Waals surface area (Å²) in [5, 5.41) is 1.84. The summed E-state index contributed by atoms with van der Waals surface area (Å²) in [7, 11) is 0. The van der Waals surface area contributed by atoms with E-state index in [1.165, 1.54) is 21.1 Å². The van der Waals surface area contributed by atoms with Crippen molar-refractivity contribution < 1.29 is 14.4 Å². The zero-order valence-corrected chi connectivity index (χ0v) is 17.0. The van der Waals surface area contributed by atoms with Crippen LogP contribution in [0.15, 0.2) is 66.0 Å². The lowest BCUT2D eigenvalue weighted by atomic mass is 10.1. The van der Waals surface area contributed by atoms with E-state index in [9.17, 15) is 14.4 Å². The van der Waals surface area contributed by atoms with Gasteiger partial charge in [-0.15, -0.1) is 11.3 Å². The molecule has 0 bridgehead atoms. The number of rotatable bonds is 3. The van der Waals surface area contributed by atoms with E-state index < -0.39 is 0 Å². The van der Waals surface area contributed by atoms with Gasteiger partial charge in [0, 0.05) is 12.2 Å². The number of carbonyl (C=O) groups is 3. The van der Waals surface area contributed by atoms with E-state index in [0.717, 1.165) is 17.7 Å². The maximum Gasteiger partial charge on any atom is 0.268 e. The first-order chi connectivity index (χ1) is 14.6. The predicted molar refractivity (Wildman–Crippen MR) is 117 cm³/mol. The molecule has 0 N–H and O–H groups in total. The Kier molecular flexibility index (Phi) is 4.59. The molecule has 0 unspecified atom stereocenters. The van der Waals surface area contributed by atoms with Crippen molar-refractivity contribution in [3.8, 4) is 0 Å². The first kappa shape index (κ1) is 18.6. The Morgan fingerprint density at radius 3 is 2.37 bits per heavy atom. The number of thiophene rings is 1. The smallest absolute Gasteiger partial charge is 0.268 e. The van der Waals surface area contributed by atoms with Crippen molar-refractivity contribution in [1.82, 2.24) is 0 Å². The van der Waals surface area contributed by atoms with E-state index in [0.29, 0.717) is 22.8 Å². The number of benzene rings is 2. The molecule has 3 aromatic rings. The monoisotopic (exact) mass is 417 g/mol. The van der Waals surface area contributed by atoms with Gasteiger partial charge >= 0.3 is 0 Å². The third kappa shape index (κ3) is 3.07. The lowest BCUT2D eigenvalue weighted by molar-refractivity contribution is -0.121. The Hall–Kier alpha value is -3.45. The van der Waals surface area contributed by atoms with Gasteiger partial charge in [-0.05, 0) is 41.6 Å². The fraction of sp³-hybridized carbons (Fsp3) is 0.174. The Balaban J connectivity index is 1.43. The lowest BCUT2D eigenvalue weighted by Gasteiger charge is -2.36. The standard InChI is InChI=1S/C23H19N3O3S/c27-21(24-12-11-16-6-1-2-7-17(16)24)14-25-18-8-3-4-9-19(18)26(15-22(25)28)23(29)20-10-5-13-30-20/h1-10,13H,11-12,14-15H2. The number of nitrogens with zero attached hydrogens (tertiary/aromatic N) is 3. The molecule has 6 nitrogen and oxygen atoms in total. The Morgan fingerprint density at radius 2 is 1.60 bits per heavy atom. The molecule has 1 aromatic heterocycles. The van der Waals surface area contributed by atoms with Crippen LogP contribution in [0.5, 0.6) is 0 Å². The molecule has 0 atom stereocenters. The fourth-order valence-corrected chi connectivity index (χ4v) is 4.74. The number of anilines is 3. The van der Waals surface area contributed by atoms with Crippen LogP contribution in [-0.2, 0) is 16.0 Å². The molecule has 2 aliphatic heterocycles. The normalized spacial score (nSPS) is 15.2. The average Bonchev–Trinajstić information content (AvgIpc) is 3.45. The summed E-state index contributed by atoms with van der Waals surface area (Å²) in [5.41, 5.74) is 3.28. The van der Waals surface area contributed by atoms with Crippen LogP contribution in [0.2, 0.25) is 0 Å². The van der Waals surface area contributed by atoms with Crippen molar-refractivity contribution in [2.24, 2.45) is 0 Å². The molecule has 0 saturated carbocycles. The Bertz CT molecular complexity index is 1140. The van der Waals surface area contributed by atoms with Gasteiger partial charge in [0.05, 0.1) is 16.3 Å². The Labute approximate surface area is 177 Å². The van der Waals surface area contributed by atoms with Crippen molar-refractivity contribution in [2.45, 2.75) is 6.42 Å². The van der Waals surface area contributed by atoms with Crippen molar-refractivity contribution in [3.63, 3.8) is 0 Å². The van der Waals surface area contributed by atoms with Gasteiger partial charge in [-0.25, -0.2) is 0 Å². The molecule has 30 heavy (non-hydrogen) atoms. The van der Waals surface area contributed by atoms with Crippen molar-refractivity contribution in [2.75, 3.05) is 34.3 Å². The quantitative estimate of drug-likeness (QED) is 0.657. The van der Waals surface area contributed by atoms with Gasteiger partial charge in [0.1, 0.15) is 13.1 Å². The number of hydrogen-bond acceptors (Lipinski definition) is 4. The molecule has 0 radical (unpaired) electrons. The topological polar surface area (TPSA) is 60.9 Å². The second-order valence-electron chi connectivity index (χ2n) is 7.26. The third-order valence-electron chi connectivity index (χ3n) is 5.52. The second kappa shape index (κ2) is 7.42. The third-order valence-corrected chi connectivity index (χ3v) is 6.37. The van der Waals surface area contributed by atoms with Crippen LogP contribution in [0, 0.1) is 0 Å². The first-order valence-corrected chi connectivity index (χ1v) is 10.6. The van der Waals surface area contributed by atoms with Crippen LogP contribution in [0.3, 0.4) is 0 Å². The van der Waals surface area contributed by atoms with Crippen LogP contribution >= 0.6 is 11.3 Å². The molecule has 2 aromatic carbocycles. The molecule has 0 fully saturated rings. The van der Waals surface area contributed by atoms with Crippen LogP contribution in [0.1, 0.15) is 15.2 Å². The van der Waals surface area contributed by atoms with E-state index in [2.05, 4.69) is 0 Å². The van der Waals surface area contributed by atoms with E-state index in [1.807, 2.05) is 53.9 Å². The van der Waals surface area contributed by atoms with Gasteiger partial charge in [-0.2, -0.15) is 0 Å². The molecule has 3 amide bonds. The van der Waals surface area contributed by atoms with Gasteiger partial charge in [0.25, 0.3) is 5.91 Å². The average molecular weight is 417 g/mol. The number of amides is 3. The summed E-state index contributed by atoms with van der Waals surface area (Å²) in [6.07, 6.45) is 0.815. The predicted octanol–water partition coefficient (Wildman–Crippen LogP) is 3.33. The van der Waals surface area contributed by atoms with E-state index in [1.54, 1.807) is 17.0 Å². The molecule has 7 heteroatoms. The summed E-state index contributed by atoms with van der Waals surface area (Å²) < 4.78 is 0. The molecule has 150 valence electrons. The second-order valence-corrected chi connectivity index (χ2v) is 8.21. The highest BCUT2D eigenvalue weighted by Crippen LogP contribution is 2.35. The number of hydrogen-bond donors (Lipinski definition) is 0. The molecular formula is C23H19N3O3S. The van der Waals surface area contributed by atoms with Gasteiger partial charge < -0.3 is 4.90 Å². The lowest BCUT2D eigenvalue weighted by Crippen LogP contribution is -2.51. The molecule has 0 spiro atoms. The van der Waals surface area contributed by atoms with E-state index in [4.69, 9.17) is 0 Å². The van der Waals surface area contributed by atoms with Crippen LogP contribution in [0.4, 0.5) is 17.1 Å². The zero-order chi connectivity index (χ0) is 20.7. The van der Waals surface area contributed by atoms with Gasteiger partial charge in [-0.1, -0.05) is 36.4 Å². The molecule has 0 aliphatic carbocycles. The molecule has 2 aliphatic rings. The highest BCUT2D eigenvalue weighted by molar-refractivity contribution is 7.12. The SMILES string of the molecule is O=C(CN1C(=O)CN(C(=O)c2cccs2)c2ccccc21)N1CCc2ccccc21. The fourth-order valence-electron chi connectivity index (χ4n) is 4.07. The minimum atomic E-state index is -0.264. The molecule has 5 rings (SSSR count). The van der Waals surface area contributed by atoms with Crippen LogP contribution in [0.25, 0.3) is 0 Å². The maximum atomic E-state index is 13.1. The van der Waals surface area contributed by atoms with E-state index in [-0.39, 0.29) is 30.8 Å². The van der Waals surface area contributed by atoms with Crippen molar-refractivity contribution >= 4 is 46.1 Å². The van der Waals surface area contributed by atoms with Crippen molar-refractivity contribution in [3.05, 3.63) is 76.5 Å². The first-order valence-electron chi connectivity index (χ1n) is 9.76. The zero-order valence-electron chi connectivity index (χ0n) is 16.2. The van der Waals surface area contributed by atoms with Crippen molar-refractivity contribution in [1.29, 1.82) is 0 Å². The molecular weight excluding hydrogens is 398 g/mol. The molecule has 0 saturated heterocycles. The van der Waals surface area contributed by atoms with Gasteiger partial charge in [0.2, 0.25) is 11.8 Å².